The van der Waals surface area contributed by atoms with E-state index in [1.807, 2.05) is 0 Å². The molecule has 0 aliphatic carbocycles. The van der Waals surface area contributed by atoms with Crippen LogP contribution in [-0.2, 0) is 11.8 Å². The molecule has 2 aromatic heterocycles. The molecule has 0 aliphatic rings. The number of para-hydroxylation sites is 2. The lowest BCUT2D eigenvalue weighted by atomic mass is 10.1. The summed E-state index contributed by atoms with van der Waals surface area (Å²) in [6.07, 6.45) is 0. The van der Waals surface area contributed by atoms with E-state index in [-0.39, 0.29) is 17.5 Å². The van der Waals surface area contributed by atoms with Gasteiger partial charge in [0.15, 0.2) is 0 Å². The average Bonchev–Trinajstić information content (AvgIpc) is 3.41. The van der Waals surface area contributed by atoms with Crippen LogP contribution >= 0.6 is 11.8 Å². The number of hydrogen-bond donors (Lipinski definition) is 2. The van der Waals surface area contributed by atoms with E-state index in [2.05, 4.69) is 31.1 Å². The van der Waals surface area contributed by atoms with Crippen LogP contribution < -0.4 is 10.6 Å². The Morgan fingerprint density at radius 3 is 2.53 bits per heavy atom. The Morgan fingerprint density at radius 1 is 1.12 bits per heavy atom. The molecule has 2 heterocycles. The van der Waals surface area contributed by atoms with Crippen LogP contribution in [0.1, 0.15) is 35.7 Å². The van der Waals surface area contributed by atoms with Gasteiger partial charge in [-0.05, 0) is 53.7 Å². The van der Waals surface area contributed by atoms with E-state index < -0.39 is 18.5 Å². The van der Waals surface area contributed by atoms with Crippen molar-refractivity contribution in [2.45, 2.75) is 24.7 Å². The number of aryl methyl sites for hydroxylation is 1. The molecule has 0 saturated carbocycles. The number of carbonyl (C=O) groups is 2. The second-order valence-corrected chi connectivity index (χ2v) is 8.24. The number of alkyl halides is 2. The van der Waals surface area contributed by atoms with Gasteiger partial charge in [-0.1, -0.05) is 23.9 Å². The van der Waals surface area contributed by atoms with Crippen molar-refractivity contribution in [1.82, 2.24) is 35.1 Å². The molecule has 1 unspecified atom stereocenters. The maximum atomic E-state index is 13.7. The molecule has 4 aromatic rings. The van der Waals surface area contributed by atoms with E-state index in [9.17, 15) is 18.4 Å². The van der Waals surface area contributed by atoms with Gasteiger partial charge in [-0.25, -0.2) is 9.67 Å². The van der Waals surface area contributed by atoms with Gasteiger partial charge in [0.25, 0.3) is 5.91 Å². The molecule has 1 atom stereocenters. The van der Waals surface area contributed by atoms with Gasteiger partial charge in [0, 0.05) is 18.3 Å². The Hall–Kier alpha value is -3.87. The fourth-order valence-electron chi connectivity index (χ4n) is 3.29. The third-order valence-corrected chi connectivity index (χ3v) is 5.91. The van der Waals surface area contributed by atoms with E-state index in [0.29, 0.717) is 27.4 Å². The van der Waals surface area contributed by atoms with Gasteiger partial charge in [-0.3, -0.25) is 14.2 Å². The summed E-state index contributed by atoms with van der Waals surface area (Å²) in [5.74, 6) is -0.545. The Labute approximate surface area is 196 Å². The lowest BCUT2D eigenvalue weighted by molar-refractivity contribution is -0.113. The number of thioether (sulfide) groups is 1. The van der Waals surface area contributed by atoms with Crippen molar-refractivity contribution in [2.75, 3.05) is 11.1 Å². The first kappa shape index (κ1) is 23.3. The molecule has 0 spiro atoms. The fourth-order valence-corrected chi connectivity index (χ4v) is 3.94. The van der Waals surface area contributed by atoms with Crippen molar-refractivity contribution >= 4 is 40.3 Å². The number of amides is 2. The highest BCUT2D eigenvalue weighted by molar-refractivity contribution is 7.99. The average molecular weight is 487 g/mol. The zero-order valence-corrected chi connectivity index (χ0v) is 19.0. The minimum absolute atomic E-state index is 0.0593. The number of nitrogens with zero attached hydrogens (tertiary/aromatic N) is 6. The number of aromatic nitrogens is 6. The first-order valence-electron chi connectivity index (χ1n) is 10.1. The molecule has 2 N–H and O–H groups in total. The highest BCUT2D eigenvalue weighted by Crippen LogP contribution is 2.26. The number of nitrogens with one attached hydrogen (secondary N) is 2. The van der Waals surface area contributed by atoms with Crippen LogP contribution in [0.2, 0.25) is 0 Å². The number of hydrogen-bond acceptors (Lipinski definition) is 7. The smallest absolute Gasteiger partial charge is 0.320 e. The predicted molar refractivity (Wildman–Crippen MR) is 121 cm³/mol. The number of anilines is 1. The molecule has 0 aliphatic heterocycles. The van der Waals surface area contributed by atoms with Gasteiger partial charge in [-0.2, -0.15) is 8.78 Å². The summed E-state index contributed by atoms with van der Waals surface area (Å²) in [5, 5.41) is 16.9. The highest BCUT2D eigenvalue weighted by atomic mass is 32.2. The zero-order chi connectivity index (χ0) is 24.2. The normalized spacial score (nSPS) is 12.1. The van der Waals surface area contributed by atoms with Crippen molar-refractivity contribution in [3.8, 4) is 0 Å². The zero-order valence-electron chi connectivity index (χ0n) is 18.1. The maximum Gasteiger partial charge on any atom is 0.320 e. The number of halogens is 2. The topological polar surface area (TPSA) is 120 Å². The summed E-state index contributed by atoms with van der Waals surface area (Å²) in [7, 11) is 1.67. The third-order valence-electron chi connectivity index (χ3n) is 4.90. The molecule has 0 radical (unpaired) electrons. The number of fused-ring (bicyclic) bond motifs is 1. The van der Waals surface area contributed by atoms with Crippen molar-refractivity contribution in [3.63, 3.8) is 0 Å². The van der Waals surface area contributed by atoms with Crippen molar-refractivity contribution in [2.24, 2.45) is 7.05 Å². The number of tetrazole rings is 1. The molecule has 13 heteroatoms. The Balaban J connectivity index is 1.38. The summed E-state index contributed by atoms with van der Waals surface area (Å²) in [6, 6.07) is 12.0. The number of imidazole rings is 1. The van der Waals surface area contributed by atoms with E-state index in [1.165, 1.54) is 28.6 Å². The van der Waals surface area contributed by atoms with Crippen LogP contribution in [0.25, 0.3) is 11.0 Å². The van der Waals surface area contributed by atoms with Crippen LogP contribution in [-0.4, -0.2) is 47.3 Å². The van der Waals surface area contributed by atoms with Crippen LogP contribution in [0.5, 0.6) is 0 Å². The molecular weight excluding hydrogens is 466 g/mol. The molecule has 0 fully saturated rings. The summed E-state index contributed by atoms with van der Waals surface area (Å²) in [6.45, 7) is -1.20. The van der Waals surface area contributed by atoms with Crippen LogP contribution in [0.3, 0.4) is 0 Å². The molecule has 0 saturated heterocycles. The monoisotopic (exact) mass is 486 g/mol. The lowest BCUT2D eigenvalue weighted by Gasteiger charge is -2.16. The van der Waals surface area contributed by atoms with Gasteiger partial charge >= 0.3 is 6.55 Å². The highest BCUT2D eigenvalue weighted by Gasteiger charge is 2.23. The standard InChI is InChI=1S/C21H20F2N8O2S/c1-12(18-26-15-5-3-4-6-16(15)31(18)20(22)23)24-19(33)13-7-9-14(10-8-13)25-17(32)11-34-21-27-28-29-30(21)2/h3-10,12,20H,11H2,1-2H3,(H,24,33)(H,25,32). The minimum Gasteiger partial charge on any atom is -0.342 e. The molecule has 4 rings (SSSR count). The SMILES string of the molecule is CC(NC(=O)c1ccc(NC(=O)CSc2nnnn2C)cc1)c1nc2ccccc2n1C(F)F. The third kappa shape index (κ3) is 5.03. The van der Waals surface area contributed by atoms with E-state index >= 15 is 0 Å². The predicted octanol–water partition coefficient (Wildman–Crippen LogP) is 3.18. The molecule has 2 aromatic carbocycles. The summed E-state index contributed by atoms with van der Waals surface area (Å²) >= 11 is 1.19. The quantitative estimate of drug-likeness (QED) is 0.367. The maximum absolute atomic E-state index is 13.7. The summed E-state index contributed by atoms with van der Waals surface area (Å²) < 4.78 is 29.6. The number of benzene rings is 2. The molecule has 2 amide bonds. The first-order chi connectivity index (χ1) is 16.3. The van der Waals surface area contributed by atoms with Crippen molar-refractivity contribution in [3.05, 3.63) is 59.9 Å². The summed E-state index contributed by atoms with van der Waals surface area (Å²) in [5.41, 5.74) is 1.53. The summed E-state index contributed by atoms with van der Waals surface area (Å²) in [4.78, 5) is 29.1. The van der Waals surface area contributed by atoms with Gasteiger partial charge in [0.05, 0.1) is 22.8 Å². The van der Waals surface area contributed by atoms with E-state index in [1.54, 1.807) is 50.4 Å². The molecule has 176 valence electrons. The Bertz CT molecular complexity index is 1320. The van der Waals surface area contributed by atoms with Gasteiger partial charge < -0.3 is 10.6 Å². The molecular formula is C21H20F2N8O2S. The van der Waals surface area contributed by atoms with Gasteiger partial charge in [-0.15, -0.1) is 5.10 Å². The molecule has 10 nitrogen and oxygen atoms in total. The molecule has 34 heavy (non-hydrogen) atoms. The molecule has 0 bridgehead atoms. The largest absolute Gasteiger partial charge is 0.342 e. The number of carbonyl (C=O) groups excluding carboxylic acids is 2. The Morgan fingerprint density at radius 2 is 1.85 bits per heavy atom. The van der Waals surface area contributed by atoms with Crippen LogP contribution in [0, 0.1) is 0 Å². The van der Waals surface area contributed by atoms with Crippen LogP contribution in [0.15, 0.2) is 53.7 Å². The van der Waals surface area contributed by atoms with E-state index in [0.717, 1.165) is 4.57 Å². The second-order valence-electron chi connectivity index (χ2n) is 7.30. The Kier molecular flexibility index (Phi) is 6.82. The fraction of sp³-hybridized carbons (Fsp3) is 0.238. The minimum atomic E-state index is -2.80. The second kappa shape index (κ2) is 9.95. The lowest BCUT2D eigenvalue weighted by Crippen LogP contribution is -2.29. The van der Waals surface area contributed by atoms with Crippen LogP contribution in [0.4, 0.5) is 14.5 Å². The van der Waals surface area contributed by atoms with Crippen molar-refractivity contribution in [1.29, 1.82) is 0 Å². The first-order valence-corrected chi connectivity index (χ1v) is 11.1. The van der Waals surface area contributed by atoms with Gasteiger partial charge in [0.1, 0.15) is 5.82 Å². The number of rotatable bonds is 8. The van der Waals surface area contributed by atoms with E-state index in [4.69, 9.17) is 0 Å². The van der Waals surface area contributed by atoms with Gasteiger partial charge in [0.2, 0.25) is 11.1 Å². The van der Waals surface area contributed by atoms with Crippen molar-refractivity contribution < 1.29 is 18.4 Å².